The predicted molar refractivity (Wildman–Crippen MR) is 115 cm³/mol. The summed E-state index contributed by atoms with van der Waals surface area (Å²) in [4.78, 5) is 37.6. The monoisotopic (exact) mass is 452 g/mol. The summed E-state index contributed by atoms with van der Waals surface area (Å²) in [5.74, 6) is -1.58. The van der Waals surface area contributed by atoms with Crippen molar-refractivity contribution in [3.05, 3.63) is 116 Å². The van der Waals surface area contributed by atoms with E-state index in [0.717, 1.165) is 21.9 Å². The highest BCUT2D eigenvalue weighted by Crippen LogP contribution is 2.27. The minimum atomic E-state index is -1.10. The first-order valence-corrected chi connectivity index (χ1v) is 10.2. The van der Waals surface area contributed by atoms with Crippen LogP contribution >= 0.6 is 0 Å². The lowest BCUT2D eigenvalue weighted by atomic mass is 10.1. The van der Waals surface area contributed by atoms with Crippen LogP contribution in [0.4, 0.5) is 4.39 Å². The molecule has 0 bridgehead atoms. The van der Waals surface area contributed by atoms with Crippen LogP contribution in [0.25, 0.3) is 0 Å². The van der Waals surface area contributed by atoms with E-state index in [1.807, 2.05) is 65.6 Å². The van der Waals surface area contributed by atoms with Crippen LogP contribution < -0.4 is 11.2 Å². The first-order valence-electron chi connectivity index (χ1n) is 10.2. The largest absolute Gasteiger partial charge is 0.426 e. The number of carbonyl (C=O) groups excluding carboxylic acids is 1. The van der Waals surface area contributed by atoms with E-state index in [1.165, 1.54) is 6.08 Å². The van der Waals surface area contributed by atoms with E-state index in [9.17, 15) is 18.8 Å². The smallest absolute Gasteiger partial charge is 0.343 e. The van der Waals surface area contributed by atoms with E-state index in [1.54, 1.807) is 0 Å². The molecule has 4 rings (SSSR count). The number of nitrogens with one attached hydrogen (secondary N) is 1. The second-order valence-electron chi connectivity index (χ2n) is 7.35. The van der Waals surface area contributed by atoms with Crippen molar-refractivity contribution in [3.8, 4) is 0 Å². The molecule has 1 fully saturated rings. The molecule has 0 aliphatic carbocycles. The summed E-state index contributed by atoms with van der Waals surface area (Å²) in [6.07, 6.45) is 0.325. The number of esters is 1. The normalized spacial score (nSPS) is 19.1. The van der Waals surface area contributed by atoms with Crippen molar-refractivity contribution in [3.63, 3.8) is 0 Å². The molecule has 3 aromatic rings. The Morgan fingerprint density at radius 2 is 1.48 bits per heavy atom. The number of nitrogens with zero attached hydrogens (tertiary/aromatic N) is 1. The van der Waals surface area contributed by atoms with Crippen molar-refractivity contribution in [1.29, 1.82) is 0 Å². The highest BCUT2D eigenvalue weighted by molar-refractivity contribution is 5.80. The maximum Gasteiger partial charge on any atom is 0.343 e. The number of rotatable bonds is 8. The lowest BCUT2D eigenvalue weighted by Crippen LogP contribution is -2.32. The van der Waals surface area contributed by atoms with Gasteiger partial charge in [0.15, 0.2) is 12.2 Å². The number of H-pyrrole nitrogens is 1. The van der Waals surface area contributed by atoms with E-state index in [2.05, 4.69) is 0 Å². The van der Waals surface area contributed by atoms with Crippen LogP contribution in [0, 0.1) is 5.82 Å². The number of halogens is 1. The van der Waals surface area contributed by atoms with Gasteiger partial charge in [0.25, 0.3) is 5.56 Å². The number of aromatic amines is 1. The minimum Gasteiger partial charge on any atom is -0.426 e. The Morgan fingerprint density at radius 3 is 2.09 bits per heavy atom. The summed E-state index contributed by atoms with van der Waals surface area (Å²) in [7, 11) is 0. The van der Waals surface area contributed by atoms with E-state index >= 15 is 0 Å². The van der Waals surface area contributed by atoms with Gasteiger partial charge in [-0.15, -0.1) is 0 Å². The van der Waals surface area contributed by atoms with Crippen molar-refractivity contribution in [2.45, 2.75) is 32.0 Å². The number of carbonyl (C=O) groups is 1. The van der Waals surface area contributed by atoms with Crippen molar-refractivity contribution in [2.75, 3.05) is 0 Å². The Morgan fingerprint density at radius 1 is 0.909 bits per heavy atom. The Hall–Kier alpha value is -3.82. The zero-order valence-corrected chi connectivity index (χ0v) is 17.5. The van der Waals surface area contributed by atoms with Gasteiger partial charge in [0.05, 0.1) is 19.4 Å². The molecule has 170 valence electrons. The van der Waals surface area contributed by atoms with Gasteiger partial charge in [-0.3, -0.25) is 14.3 Å². The molecular weight excluding hydrogens is 431 g/mol. The van der Waals surface area contributed by atoms with Gasteiger partial charge in [-0.1, -0.05) is 60.7 Å². The molecule has 1 aromatic heterocycles. The number of allylic oxidation sites excluding steroid dienone is 1. The highest BCUT2D eigenvalue weighted by Gasteiger charge is 2.43. The molecule has 2 atom stereocenters. The average molecular weight is 452 g/mol. The number of hydrogen-bond acceptors (Lipinski definition) is 6. The number of hydrogen-bond donors (Lipinski definition) is 1. The van der Waals surface area contributed by atoms with E-state index < -0.39 is 35.2 Å². The summed E-state index contributed by atoms with van der Waals surface area (Å²) < 4.78 is 31.7. The van der Waals surface area contributed by atoms with Crippen LogP contribution in [0.3, 0.4) is 0 Å². The van der Waals surface area contributed by atoms with Gasteiger partial charge in [-0.05, 0) is 17.2 Å². The molecule has 1 saturated heterocycles. The SMILES string of the molecule is O=C1O/C(=C/Cn2cc(F)c(=O)[nH]c2=O)C(OCc2ccccc2)C1OCc1ccccc1. The molecule has 1 aliphatic heterocycles. The van der Waals surface area contributed by atoms with E-state index in [-0.39, 0.29) is 25.5 Å². The zero-order valence-electron chi connectivity index (χ0n) is 17.5. The summed E-state index contributed by atoms with van der Waals surface area (Å²) in [5, 5.41) is 0. The van der Waals surface area contributed by atoms with Gasteiger partial charge >= 0.3 is 11.7 Å². The first kappa shape index (κ1) is 22.4. The van der Waals surface area contributed by atoms with Gasteiger partial charge in [-0.25, -0.2) is 9.59 Å². The average Bonchev–Trinajstić information content (AvgIpc) is 3.13. The van der Waals surface area contributed by atoms with Crippen molar-refractivity contribution >= 4 is 5.97 Å². The second-order valence-corrected chi connectivity index (χ2v) is 7.35. The molecule has 2 heterocycles. The fraction of sp³-hybridized carbons (Fsp3) is 0.208. The third-order valence-corrected chi connectivity index (χ3v) is 5.01. The van der Waals surface area contributed by atoms with E-state index in [4.69, 9.17) is 14.2 Å². The predicted octanol–water partition coefficient (Wildman–Crippen LogP) is 2.29. The quantitative estimate of drug-likeness (QED) is 0.527. The zero-order chi connectivity index (χ0) is 23.2. The number of ether oxygens (including phenoxy) is 3. The van der Waals surface area contributed by atoms with Crippen molar-refractivity contribution < 1.29 is 23.4 Å². The van der Waals surface area contributed by atoms with Crippen molar-refractivity contribution in [2.24, 2.45) is 0 Å². The highest BCUT2D eigenvalue weighted by atomic mass is 19.1. The van der Waals surface area contributed by atoms with Crippen LogP contribution in [0.15, 0.2) is 88.3 Å². The maximum absolute atomic E-state index is 13.6. The molecule has 2 unspecified atom stereocenters. The molecule has 1 N–H and O–H groups in total. The standard InChI is InChI=1S/C24H21FN2O6/c25-18-13-27(24(30)26-22(18)28)12-11-19-20(31-14-16-7-3-1-4-8-16)21(23(29)33-19)32-15-17-9-5-2-6-10-17/h1-11,13,20-21H,12,14-15H2,(H,26,28,30)/b19-11+. The van der Waals surface area contributed by atoms with E-state index in [0.29, 0.717) is 0 Å². The fourth-order valence-electron chi connectivity index (χ4n) is 3.32. The summed E-state index contributed by atoms with van der Waals surface area (Å²) >= 11 is 0. The van der Waals surface area contributed by atoms with Crippen LogP contribution in [-0.4, -0.2) is 27.7 Å². The van der Waals surface area contributed by atoms with Gasteiger partial charge < -0.3 is 14.2 Å². The topological polar surface area (TPSA) is 99.6 Å². The van der Waals surface area contributed by atoms with Crippen LogP contribution in [-0.2, 0) is 38.8 Å². The molecule has 0 saturated carbocycles. The Labute approximate surface area is 187 Å². The lowest BCUT2D eigenvalue weighted by Gasteiger charge is -2.18. The summed E-state index contributed by atoms with van der Waals surface area (Å²) in [6.45, 7) is 0.216. The van der Waals surface area contributed by atoms with Crippen LogP contribution in [0.1, 0.15) is 11.1 Å². The third-order valence-electron chi connectivity index (χ3n) is 5.01. The van der Waals surface area contributed by atoms with Gasteiger partial charge in [0.2, 0.25) is 5.82 Å². The van der Waals surface area contributed by atoms with Gasteiger partial charge in [0.1, 0.15) is 5.76 Å². The molecular formula is C24H21FN2O6. The molecule has 0 spiro atoms. The molecule has 0 amide bonds. The maximum atomic E-state index is 13.6. The van der Waals surface area contributed by atoms with Crippen LogP contribution in [0.2, 0.25) is 0 Å². The first-order chi connectivity index (χ1) is 16.0. The number of benzene rings is 2. The fourth-order valence-corrected chi connectivity index (χ4v) is 3.32. The van der Waals surface area contributed by atoms with Gasteiger partial charge in [0, 0.05) is 6.54 Å². The molecule has 2 aromatic carbocycles. The summed E-state index contributed by atoms with van der Waals surface area (Å²) in [5.41, 5.74) is -0.132. The second kappa shape index (κ2) is 10.2. The lowest BCUT2D eigenvalue weighted by molar-refractivity contribution is -0.149. The summed E-state index contributed by atoms with van der Waals surface area (Å²) in [6, 6.07) is 18.7. The minimum absolute atomic E-state index is 0.146. The molecule has 8 nitrogen and oxygen atoms in total. The van der Waals surface area contributed by atoms with Crippen LogP contribution in [0.5, 0.6) is 0 Å². The molecule has 1 aliphatic rings. The Balaban J connectivity index is 1.55. The molecule has 33 heavy (non-hydrogen) atoms. The number of aromatic nitrogens is 2. The Bertz CT molecular complexity index is 1250. The van der Waals surface area contributed by atoms with Crippen molar-refractivity contribution in [1.82, 2.24) is 9.55 Å². The van der Waals surface area contributed by atoms with Gasteiger partial charge in [-0.2, -0.15) is 4.39 Å². The number of cyclic esters (lactones) is 1. The Kier molecular flexibility index (Phi) is 6.92. The third kappa shape index (κ3) is 5.51. The molecule has 0 radical (unpaired) electrons. The molecule has 9 heteroatoms.